The van der Waals surface area contributed by atoms with Crippen LogP contribution in [0.5, 0.6) is 0 Å². The Labute approximate surface area is 167 Å². The van der Waals surface area contributed by atoms with Gasteiger partial charge in [-0.2, -0.15) is 0 Å². The van der Waals surface area contributed by atoms with Gasteiger partial charge in [0.2, 0.25) is 0 Å². The quantitative estimate of drug-likeness (QED) is 0.248. The Balaban J connectivity index is 3.11. The zero-order chi connectivity index (χ0) is 20.0. The van der Waals surface area contributed by atoms with Gasteiger partial charge in [-0.15, -0.1) is 0 Å². The Kier molecular flexibility index (Phi) is 20.8. The van der Waals surface area contributed by atoms with E-state index in [-0.39, 0.29) is 13.2 Å². The van der Waals surface area contributed by atoms with Crippen LogP contribution >= 0.6 is 0 Å². The van der Waals surface area contributed by atoms with Gasteiger partial charge in [-0.25, -0.2) is 4.79 Å². The lowest BCUT2D eigenvalue weighted by atomic mass is 10.0. The molecule has 0 aliphatic carbocycles. The van der Waals surface area contributed by atoms with Crippen LogP contribution in [-0.4, -0.2) is 37.0 Å². The first-order valence-corrected chi connectivity index (χ1v) is 11.5. The van der Waals surface area contributed by atoms with Gasteiger partial charge in [0, 0.05) is 6.54 Å². The van der Waals surface area contributed by atoms with Crippen molar-refractivity contribution in [3.8, 4) is 0 Å². The fourth-order valence-corrected chi connectivity index (χ4v) is 3.15. The van der Waals surface area contributed by atoms with Gasteiger partial charge in [-0.05, 0) is 6.42 Å². The number of carbonyl (C=O) groups is 1. The third-order valence-electron chi connectivity index (χ3n) is 4.96. The van der Waals surface area contributed by atoms with Gasteiger partial charge in [0.05, 0.1) is 12.6 Å². The fourth-order valence-electron chi connectivity index (χ4n) is 3.15. The summed E-state index contributed by atoms with van der Waals surface area (Å²) in [4.78, 5) is 11.4. The number of aliphatic hydroxyl groups excluding tert-OH is 1. The molecule has 4 N–H and O–H groups in total. The molecule has 0 spiro atoms. The monoisotopic (exact) mass is 386 g/mol. The molecule has 27 heavy (non-hydrogen) atoms. The maximum absolute atomic E-state index is 11.4. The molecule has 0 saturated carbocycles. The standard InChI is InChI=1S/C22H46N2O3/c1-2-3-4-5-6-7-8-9-10-11-12-13-14-15-16-17-18-24-22(26)27-20-21(23)19-25/h21,25H,2-20,23H2,1H3,(H,24,26). The number of unbranched alkanes of at least 4 members (excludes halogenated alkanes) is 15. The minimum atomic E-state index is -0.494. The molecule has 1 atom stereocenters. The Bertz CT molecular complexity index is 314. The lowest BCUT2D eigenvalue weighted by molar-refractivity contribution is 0.125. The lowest BCUT2D eigenvalue weighted by Crippen LogP contribution is -2.34. The van der Waals surface area contributed by atoms with Crippen molar-refractivity contribution in [1.82, 2.24) is 5.32 Å². The summed E-state index contributed by atoms with van der Waals surface area (Å²) in [6.45, 7) is 2.80. The Hall–Kier alpha value is -0.810. The summed E-state index contributed by atoms with van der Waals surface area (Å²) < 4.78 is 4.89. The molecule has 162 valence electrons. The number of ether oxygens (including phenoxy) is 1. The first kappa shape index (κ1) is 26.2. The van der Waals surface area contributed by atoms with E-state index in [0.717, 1.165) is 12.8 Å². The Morgan fingerprint density at radius 2 is 1.22 bits per heavy atom. The predicted molar refractivity (Wildman–Crippen MR) is 114 cm³/mol. The second-order valence-electron chi connectivity index (χ2n) is 7.77. The van der Waals surface area contributed by atoms with Crippen molar-refractivity contribution in [2.24, 2.45) is 5.73 Å². The zero-order valence-corrected chi connectivity index (χ0v) is 17.9. The van der Waals surface area contributed by atoms with Gasteiger partial charge in [0.1, 0.15) is 6.61 Å². The molecule has 0 aliphatic heterocycles. The van der Waals surface area contributed by atoms with Crippen molar-refractivity contribution >= 4 is 6.09 Å². The Morgan fingerprint density at radius 1 is 0.815 bits per heavy atom. The third kappa shape index (κ3) is 21.3. The van der Waals surface area contributed by atoms with E-state index in [4.69, 9.17) is 15.6 Å². The number of aliphatic hydroxyl groups is 1. The van der Waals surface area contributed by atoms with E-state index < -0.39 is 12.1 Å². The summed E-state index contributed by atoms with van der Waals surface area (Å²) in [6, 6.07) is -0.494. The zero-order valence-electron chi connectivity index (χ0n) is 17.9. The van der Waals surface area contributed by atoms with Crippen molar-refractivity contribution in [3.05, 3.63) is 0 Å². The van der Waals surface area contributed by atoms with E-state index in [1.165, 1.54) is 89.9 Å². The predicted octanol–water partition coefficient (Wildman–Crippen LogP) is 5.29. The molecule has 1 amide bonds. The van der Waals surface area contributed by atoms with Crippen LogP contribution in [0, 0.1) is 0 Å². The molecule has 0 aromatic heterocycles. The highest BCUT2D eigenvalue weighted by Crippen LogP contribution is 2.13. The first-order chi connectivity index (χ1) is 13.2. The summed E-state index contributed by atoms with van der Waals surface area (Å²) in [7, 11) is 0. The molecule has 0 fully saturated rings. The highest BCUT2D eigenvalue weighted by Gasteiger charge is 2.05. The van der Waals surface area contributed by atoms with Gasteiger partial charge >= 0.3 is 6.09 Å². The van der Waals surface area contributed by atoms with Crippen LogP contribution in [0.2, 0.25) is 0 Å². The van der Waals surface area contributed by atoms with E-state index in [0.29, 0.717) is 6.54 Å². The lowest BCUT2D eigenvalue weighted by Gasteiger charge is -2.10. The molecule has 0 radical (unpaired) electrons. The molecule has 0 bridgehead atoms. The summed E-state index contributed by atoms with van der Waals surface area (Å²) in [5.74, 6) is 0. The highest BCUT2D eigenvalue weighted by molar-refractivity contribution is 5.67. The van der Waals surface area contributed by atoms with Crippen LogP contribution in [0.15, 0.2) is 0 Å². The van der Waals surface area contributed by atoms with Crippen LogP contribution < -0.4 is 11.1 Å². The van der Waals surface area contributed by atoms with Crippen LogP contribution in [-0.2, 0) is 4.74 Å². The maximum Gasteiger partial charge on any atom is 0.407 e. The number of nitrogens with two attached hydrogens (primary N) is 1. The molecular formula is C22H46N2O3. The van der Waals surface area contributed by atoms with E-state index >= 15 is 0 Å². The smallest absolute Gasteiger partial charge is 0.407 e. The topological polar surface area (TPSA) is 84.6 Å². The first-order valence-electron chi connectivity index (χ1n) is 11.5. The van der Waals surface area contributed by atoms with Gasteiger partial charge in [0.15, 0.2) is 0 Å². The van der Waals surface area contributed by atoms with Crippen molar-refractivity contribution in [3.63, 3.8) is 0 Å². The second-order valence-corrected chi connectivity index (χ2v) is 7.77. The largest absolute Gasteiger partial charge is 0.448 e. The van der Waals surface area contributed by atoms with E-state index in [1.807, 2.05) is 0 Å². The molecule has 0 heterocycles. The molecule has 5 heteroatoms. The van der Waals surface area contributed by atoms with E-state index in [1.54, 1.807) is 0 Å². The summed E-state index contributed by atoms with van der Waals surface area (Å²) in [5, 5.41) is 11.5. The van der Waals surface area contributed by atoms with Crippen molar-refractivity contribution in [1.29, 1.82) is 0 Å². The number of rotatable bonds is 20. The number of amides is 1. The minimum Gasteiger partial charge on any atom is -0.448 e. The molecular weight excluding hydrogens is 340 g/mol. The summed E-state index contributed by atoms with van der Waals surface area (Å²) >= 11 is 0. The number of hydrogen-bond donors (Lipinski definition) is 3. The van der Waals surface area contributed by atoms with E-state index in [9.17, 15) is 4.79 Å². The summed E-state index contributed by atoms with van der Waals surface area (Å²) in [5.41, 5.74) is 5.46. The average Bonchev–Trinajstić information content (AvgIpc) is 2.68. The SMILES string of the molecule is CCCCCCCCCCCCCCCCCCNC(=O)OCC(N)CO. The van der Waals surface area contributed by atoms with Crippen LogP contribution in [0.3, 0.4) is 0 Å². The van der Waals surface area contributed by atoms with Crippen LogP contribution in [0.25, 0.3) is 0 Å². The van der Waals surface area contributed by atoms with Gasteiger partial charge in [-0.1, -0.05) is 103 Å². The van der Waals surface area contributed by atoms with Crippen molar-refractivity contribution < 1.29 is 14.6 Å². The highest BCUT2D eigenvalue weighted by atomic mass is 16.5. The molecule has 1 unspecified atom stereocenters. The molecule has 5 nitrogen and oxygen atoms in total. The van der Waals surface area contributed by atoms with E-state index in [2.05, 4.69) is 12.2 Å². The van der Waals surface area contributed by atoms with Gasteiger partial charge < -0.3 is 20.9 Å². The molecule has 0 aromatic rings. The van der Waals surface area contributed by atoms with Crippen LogP contribution in [0.4, 0.5) is 4.79 Å². The summed E-state index contributed by atoms with van der Waals surface area (Å²) in [6.07, 6.45) is 21.0. The fraction of sp³-hybridized carbons (Fsp3) is 0.955. The molecule has 0 aromatic carbocycles. The van der Waals surface area contributed by atoms with Gasteiger partial charge in [0.25, 0.3) is 0 Å². The molecule has 0 rings (SSSR count). The molecule has 0 aliphatic rings. The third-order valence-corrected chi connectivity index (χ3v) is 4.96. The average molecular weight is 387 g/mol. The number of carbonyl (C=O) groups excluding carboxylic acids is 1. The van der Waals surface area contributed by atoms with Crippen molar-refractivity contribution in [2.45, 2.75) is 116 Å². The minimum absolute atomic E-state index is 0.0568. The number of nitrogens with one attached hydrogen (secondary N) is 1. The van der Waals surface area contributed by atoms with Crippen LogP contribution in [0.1, 0.15) is 110 Å². The van der Waals surface area contributed by atoms with Crippen molar-refractivity contribution in [2.75, 3.05) is 19.8 Å². The molecule has 0 saturated heterocycles. The normalized spacial score (nSPS) is 12.1. The van der Waals surface area contributed by atoms with Gasteiger partial charge in [-0.3, -0.25) is 0 Å². The number of hydrogen-bond acceptors (Lipinski definition) is 4. The maximum atomic E-state index is 11.4. The Morgan fingerprint density at radius 3 is 1.63 bits per heavy atom. The number of alkyl carbamates (subject to hydrolysis) is 1. The second kappa shape index (κ2) is 21.5.